The fourth-order valence-electron chi connectivity index (χ4n) is 2.76. The van der Waals surface area contributed by atoms with Gasteiger partial charge in [0.05, 0.1) is 17.5 Å². The molecule has 0 saturated heterocycles. The van der Waals surface area contributed by atoms with Crippen LogP contribution < -0.4 is 4.74 Å². The SMILES string of the molecule is Cc1ccc(OC2CCC(C)C(C)C2)c(C#CCCl)c1. The number of alkyl halides is 1. The first-order valence-electron chi connectivity index (χ1n) is 7.42. The first-order valence-corrected chi connectivity index (χ1v) is 7.95. The molecule has 1 aliphatic carbocycles. The van der Waals surface area contributed by atoms with Gasteiger partial charge in [-0.15, -0.1) is 11.6 Å². The molecule has 0 radical (unpaired) electrons. The third-order valence-electron chi connectivity index (χ3n) is 4.27. The van der Waals surface area contributed by atoms with Crippen LogP contribution in [-0.2, 0) is 0 Å². The maximum Gasteiger partial charge on any atom is 0.135 e. The van der Waals surface area contributed by atoms with Gasteiger partial charge in [0.2, 0.25) is 0 Å². The minimum absolute atomic E-state index is 0.320. The molecule has 1 nitrogen and oxygen atoms in total. The van der Waals surface area contributed by atoms with Crippen molar-refractivity contribution in [1.29, 1.82) is 0 Å². The Bertz CT molecular complexity index is 512. The van der Waals surface area contributed by atoms with Crippen LogP contribution >= 0.6 is 11.6 Å². The summed E-state index contributed by atoms with van der Waals surface area (Å²) in [6.45, 7) is 6.73. The van der Waals surface area contributed by atoms with Crippen LogP contribution in [0.5, 0.6) is 5.75 Å². The molecule has 2 rings (SSSR count). The van der Waals surface area contributed by atoms with Gasteiger partial charge in [0, 0.05) is 0 Å². The lowest BCUT2D eigenvalue weighted by molar-refractivity contribution is 0.100. The number of halogens is 1. The van der Waals surface area contributed by atoms with Crippen LogP contribution in [0.25, 0.3) is 0 Å². The zero-order valence-electron chi connectivity index (χ0n) is 12.6. The van der Waals surface area contributed by atoms with E-state index in [0.29, 0.717) is 12.0 Å². The van der Waals surface area contributed by atoms with E-state index in [1.165, 1.54) is 12.0 Å². The summed E-state index contributed by atoms with van der Waals surface area (Å²) < 4.78 is 6.21. The molecule has 0 aliphatic heterocycles. The van der Waals surface area contributed by atoms with Crippen molar-refractivity contribution in [3.63, 3.8) is 0 Å². The quantitative estimate of drug-likeness (QED) is 0.562. The standard InChI is InChI=1S/C18H23ClO/c1-13-6-9-18(16(11-13)5-4-10-19)20-17-8-7-14(2)15(3)12-17/h6,9,11,14-15,17H,7-8,10,12H2,1-3H3. The van der Waals surface area contributed by atoms with Gasteiger partial charge in [-0.2, -0.15) is 0 Å². The minimum atomic E-state index is 0.320. The van der Waals surface area contributed by atoms with Crippen molar-refractivity contribution in [3.05, 3.63) is 29.3 Å². The molecule has 0 amide bonds. The smallest absolute Gasteiger partial charge is 0.135 e. The molecule has 1 fully saturated rings. The Morgan fingerprint density at radius 2 is 2.05 bits per heavy atom. The molecule has 1 aromatic rings. The number of hydrogen-bond donors (Lipinski definition) is 0. The Kier molecular flexibility index (Phi) is 5.38. The van der Waals surface area contributed by atoms with Crippen molar-refractivity contribution < 1.29 is 4.74 Å². The summed E-state index contributed by atoms with van der Waals surface area (Å²) >= 11 is 5.66. The van der Waals surface area contributed by atoms with Gasteiger partial charge in [-0.3, -0.25) is 0 Å². The van der Waals surface area contributed by atoms with E-state index in [1.807, 2.05) is 6.07 Å². The average molecular weight is 291 g/mol. The molecule has 1 saturated carbocycles. The van der Waals surface area contributed by atoms with Gasteiger partial charge in [0.25, 0.3) is 0 Å². The average Bonchev–Trinajstić information content (AvgIpc) is 2.43. The zero-order chi connectivity index (χ0) is 14.5. The Labute approximate surface area is 127 Å². The second-order valence-corrected chi connectivity index (χ2v) is 6.21. The minimum Gasteiger partial charge on any atom is -0.489 e. The topological polar surface area (TPSA) is 9.23 Å². The predicted octanol–water partition coefficient (Wildman–Crippen LogP) is 4.79. The van der Waals surface area contributed by atoms with E-state index in [-0.39, 0.29) is 0 Å². The summed E-state index contributed by atoms with van der Waals surface area (Å²) in [5.41, 5.74) is 2.15. The predicted molar refractivity (Wildman–Crippen MR) is 85.4 cm³/mol. The van der Waals surface area contributed by atoms with E-state index < -0.39 is 0 Å². The fraction of sp³-hybridized carbons (Fsp3) is 0.556. The highest BCUT2D eigenvalue weighted by atomic mass is 35.5. The second kappa shape index (κ2) is 7.04. The molecule has 2 heteroatoms. The summed E-state index contributed by atoms with van der Waals surface area (Å²) in [5, 5.41) is 0. The number of benzene rings is 1. The third-order valence-corrected chi connectivity index (χ3v) is 4.40. The number of ether oxygens (including phenoxy) is 1. The fourth-order valence-corrected chi connectivity index (χ4v) is 2.82. The number of hydrogen-bond acceptors (Lipinski definition) is 1. The highest BCUT2D eigenvalue weighted by Crippen LogP contribution is 2.32. The van der Waals surface area contributed by atoms with Crippen LogP contribution in [0.3, 0.4) is 0 Å². The van der Waals surface area contributed by atoms with Gasteiger partial charge in [-0.1, -0.05) is 31.8 Å². The lowest BCUT2D eigenvalue weighted by Crippen LogP contribution is -2.29. The van der Waals surface area contributed by atoms with Gasteiger partial charge in [-0.05, 0) is 55.7 Å². The molecule has 0 spiro atoms. The lowest BCUT2D eigenvalue weighted by atomic mass is 9.80. The maximum absolute atomic E-state index is 6.21. The van der Waals surface area contributed by atoms with Crippen molar-refractivity contribution in [2.24, 2.45) is 11.8 Å². The number of rotatable bonds is 2. The summed E-state index contributed by atoms with van der Waals surface area (Å²) in [4.78, 5) is 0. The van der Waals surface area contributed by atoms with Crippen LogP contribution in [0, 0.1) is 30.6 Å². The van der Waals surface area contributed by atoms with Gasteiger partial charge in [0.1, 0.15) is 5.75 Å². The Morgan fingerprint density at radius 3 is 2.75 bits per heavy atom. The Hall–Kier alpha value is -1.13. The van der Waals surface area contributed by atoms with Crippen LogP contribution in [-0.4, -0.2) is 12.0 Å². The molecule has 0 bridgehead atoms. The molecule has 1 aliphatic rings. The van der Waals surface area contributed by atoms with Crippen molar-refractivity contribution in [2.75, 3.05) is 5.88 Å². The maximum atomic E-state index is 6.21. The molecule has 1 aromatic carbocycles. The van der Waals surface area contributed by atoms with Gasteiger partial charge in [-0.25, -0.2) is 0 Å². The zero-order valence-corrected chi connectivity index (χ0v) is 13.3. The van der Waals surface area contributed by atoms with E-state index in [9.17, 15) is 0 Å². The van der Waals surface area contributed by atoms with Crippen molar-refractivity contribution in [1.82, 2.24) is 0 Å². The second-order valence-electron chi connectivity index (χ2n) is 5.94. The Morgan fingerprint density at radius 1 is 1.25 bits per heavy atom. The highest BCUT2D eigenvalue weighted by Gasteiger charge is 2.26. The Balaban J connectivity index is 2.12. The van der Waals surface area contributed by atoms with Crippen LogP contribution in [0.15, 0.2) is 18.2 Å². The van der Waals surface area contributed by atoms with Crippen LogP contribution in [0.2, 0.25) is 0 Å². The third kappa shape index (κ3) is 3.93. The molecule has 0 N–H and O–H groups in total. The van der Waals surface area contributed by atoms with Crippen molar-refractivity contribution in [3.8, 4) is 17.6 Å². The summed E-state index contributed by atoms with van der Waals surface area (Å²) in [5.74, 6) is 8.82. The first-order chi connectivity index (χ1) is 9.60. The molecule has 0 aromatic heterocycles. The first kappa shape index (κ1) is 15.3. The van der Waals surface area contributed by atoms with Crippen LogP contribution in [0.1, 0.15) is 44.2 Å². The van der Waals surface area contributed by atoms with Gasteiger partial charge in [0.15, 0.2) is 0 Å². The van der Waals surface area contributed by atoms with E-state index in [4.69, 9.17) is 16.3 Å². The summed E-state index contributed by atoms with van der Waals surface area (Å²) in [6.07, 6.45) is 3.85. The molecular weight excluding hydrogens is 268 g/mol. The highest BCUT2D eigenvalue weighted by molar-refractivity contribution is 6.19. The molecular formula is C18H23ClO. The largest absolute Gasteiger partial charge is 0.489 e. The van der Waals surface area contributed by atoms with E-state index in [0.717, 1.165) is 36.0 Å². The molecule has 108 valence electrons. The molecule has 20 heavy (non-hydrogen) atoms. The van der Waals surface area contributed by atoms with Crippen LogP contribution in [0.4, 0.5) is 0 Å². The van der Waals surface area contributed by atoms with E-state index in [2.05, 4.69) is 44.7 Å². The van der Waals surface area contributed by atoms with E-state index >= 15 is 0 Å². The summed E-state index contributed by atoms with van der Waals surface area (Å²) in [6, 6.07) is 6.19. The van der Waals surface area contributed by atoms with Gasteiger partial charge >= 0.3 is 0 Å². The molecule has 3 unspecified atom stereocenters. The molecule has 0 heterocycles. The normalized spacial score (nSPS) is 25.7. The monoisotopic (exact) mass is 290 g/mol. The van der Waals surface area contributed by atoms with Crippen molar-refractivity contribution in [2.45, 2.75) is 46.1 Å². The van der Waals surface area contributed by atoms with E-state index in [1.54, 1.807) is 0 Å². The molecule has 3 atom stereocenters. The van der Waals surface area contributed by atoms with Gasteiger partial charge < -0.3 is 4.74 Å². The number of aryl methyl sites for hydroxylation is 1. The summed E-state index contributed by atoms with van der Waals surface area (Å²) in [7, 11) is 0. The van der Waals surface area contributed by atoms with Crippen molar-refractivity contribution >= 4 is 11.6 Å². The lowest BCUT2D eigenvalue weighted by Gasteiger charge is -2.32.